The van der Waals surface area contributed by atoms with Gasteiger partial charge < -0.3 is 24.6 Å². The molecule has 1 aromatic rings. The molecule has 220 valence electrons. The number of methoxy groups -OCH3 is 1. The van der Waals surface area contributed by atoms with Crippen molar-refractivity contribution in [2.24, 2.45) is 0 Å². The normalized spacial score (nSPS) is 19.4. The van der Waals surface area contributed by atoms with E-state index in [9.17, 15) is 19.2 Å². The summed E-state index contributed by atoms with van der Waals surface area (Å²) in [6, 6.07) is 5.36. The molecule has 4 rings (SSSR count). The van der Waals surface area contributed by atoms with Gasteiger partial charge in [0.1, 0.15) is 11.4 Å². The number of nitrogens with zero attached hydrogens (tertiary/aromatic N) is 4. The molecule has 3 aliphatic rings. The summed E-state index contributed by atoms with van der Waals surface area (Å²) in [4.78, 5) is 56.6. The first-order chi connectivity index (χ1) is 19.0. The Kier molecular flexibility index (Phi) is 9.39. The monoisotopic (exact) mass is 558 g/mol. The number of carbonyl (C=O) groups excluding carboxylic acids is 4. The standard InChI is InChI=1S/C28H42N6O6/c1-28(2,3)40-27(38)29-20-7-12-33(13-8-20)25(36)10-11-31-15-17-32(18-16-31)21-5-6-22(23(19-21)39-4)34-14-9-24(35)30-26(34)37/h5-6,19-20H,7-18H2,1-4H3,(H,29,38)(H,30,35,37). The molecule has 40 heavy (non-hydrogen) atoms. The molecular formula is C28H42N6O6. The minimum Gasteiger partial charge on any atom is -0.494 e. The zero-order valence-electron chi connectivity index (χ0n) is 24.0. The van der Waals surface area contributed by atoms with E-state index >= 15 is 0 Å². The summed E-state index contributed by atoms with van der Waals surface area (Å²) in [5.41, 5.74) is 1.12. The summed E-state index contributed by atoms with van der Waals surface area (Å²) in [6.07, 6.45) is 1.79. The van der Waals surface area contributed by atoms with Gasteiger partial charge in [0.15, 0.2) is 0 Å². The molecule has 0 saturated carbocycles. The molecule has 0 aromatic heterocycles. The lowest BCUT2D eigenvalue weighted by molar-refractivity contribution is -0.132. The van der Waals surface area contributed by atoms with Crippen molar-refractivity contribution in [1.29, 1.82) is 0 Å². The van der Waals surface area contributed by atoms with Crippen molar-refractivity contribution < 1.29 is 28.7 Å². The van der Waals surface area contributed by atoms with Crippen molar-refractivity contribution in [3.8, 4) is 5.75 Å². The topological polar surface area (TPSA) is 124 Å². The fraction of sp³-hybridized carbons (Fsp3) is 0.643. The average Bonchev–Trinajstić information content (AvgIpc) is 2.91. The quantitative estimate of drug-likeness (QED) is 0.522. The molecule has 0 atom stereocenters. The number of hydrogen-bond acceptors (Lipinski definition) is 8. The van der Waals surface area contributed by atoms with Gasteiger partial charge in [0.05, 0.1) is 12.8 Å². The first-order valence-corrected chi connectivity index (χ1v) is 14.1. The Morgan fingerprint density at radius 3 is 2.35 bits per heavy atom. The number of likely N-dealkylation sites (tertiary alicyclic amines) is 1. The number of hydrogen-bond donors (Lipinski definition) is 2. The van der Waals surface area contributed by atoms with E-state index in [-0.39, 0.29) is 24.3 Å². The van der Waals surface area contributed by atoms with Gasteiger partial charge in [0.2, 0.25) is 11.8 Å². The van der Waals surface area contributed by atoms with Crippen LogP contribution in [-0.4, -0.2) is 105 Å². The highest BCUT2D eigenvalue weighted by molar-refractivity contribution is 6.06. The van der Waals surface area contributed by atoms with Gasteiger partial charge in [-0.2, -0.15) is 0 Å². The molecule has 3 heterocycles. The number of rotatable bonds is 7. The molecule has 2 N–H and O–H groups in total. The number of urea groups is 1. The van der Waals surface area contributed by atoms with E-state index in [4.69, 9.17) is 9.47 Å². The van der Waals surface area contributed by atoms with Gasteiger partial charge in [-0.1, -0.05) is 0 Å². The molecule has 3 aliphatic heterocycles. The minimum absolute atomic E-state index is 0.0286. The number of benzene rings is 1. The average molecular weight is 559 g/mol. The Hall–Kier alpha value is -3.54. The lowest BCUT2D eigenvalue weighted by atomic mass is 10.0. The van der Waals surface area contributed by atoms with Crippen molar-refractivity contribution in [1.82, 2.24) is 20.4 Å². The summed E-state index contributed by atoms with van der Waals surface area (Å²) >= 11 is 0. The molecule has 0 unspecified atom stereocenters. The van der Waals surface area contributed by atoms with Crippen LogP contribution in [-0.2, 0) is 14.3 Å². The predicted octanol–water partition coefficient (Wildman–Crippen LogP) is 2.17. The Balaban J connectivity index is 1.19. The van der Waals surface area contributed by atoms with Crippen molar-refractivity contribution in [3.63, 3.8) is 0 Å². The summed E-state index contributed by atoms with van der Waals surface area (Å²) < 4.78 is 10.9. The van der Waals surface area contributed by atoms with Crippen LogP contribution < -0.4 is 25.2 Å². The first-order valence-electron chi connectivity index (χ1n) is 14.1. The fourth-order valence-electron chi connectivity index (χ4n) is 5.27. The van der Waals surface area contributed by atoms with Gasteiger partial charge in [-0.05, 0) is 45.7 Å². The van der Waals surface area contributed by atoms with Gasteiger partial charge in [-0.15, -0.1) is 0 Å². The molecule has 3 saturated heterocycles. The zero-order chi connectivity index (χ0) is 28.9. The Labute approximate surface area is 235 Å². The van der Waals surface area contributed by atoms with Crippen LogP contribution in [0.1, 0.15) is 46.5 Å². The third-order valence-electron chi connectivity index (χ3n) is 7.46. The van der Waals surface area contributed by atoms with Gasteiger partial charge in [-0.25, -0.2) is 9.59 Å². The Bertz CT molecular complexity index is 1090. The smallest absolute Gasteiger partial charge is 0.407 e. The third kappa shape index (κ3) is 7.77. The number of alkyl carbamates (subject to hydrolysis) is 1. The fourth-order valence-corrected chi connectivity index (χ4v) is 5.27. The van der Waals surface area contributed by atoms with E-state index in [1.165, 1.54) is 4.90 Å². The molecule has 12 nitrogen and oxygen atoms in total. The highest BCUT2D eigenvalue weighted by atomic mass is 16.6. The highest BCUT2D eigenvalue weighted by Gasteiger charge is 2.28. The summed E-state index contributed by atoms with van der Waals surface area (Å²) in [5.74, 6) is 0.468. The predicted molar refractivity (Wildman–Crippen MR) is 151 cm³/mol. The van der Waals surface area contributed by atoms with E-state index in [1.807, 2.05) is 43.9 Å². The molecule has 3 fully saturated rings. The molecule has 1 aromatic carbocycles. The maximum Gasteiger partial charge on any atom is 0.407 e. The molecule has 0 radical (unpaired) electrons. The molecular weight excluding hydrogens is 516 g/mol. The van der Waals surface area contributed by atoms with E-state index in [0.29, 0.717) is 44.0 Å². The van der Waals surface area contributed by atoms with Crippen LogP contribution in [0, 0.1) is 0 Å². The zero-order valence-corrected chi connectivity index (χ0v) is 24.0. The second-order valence-corrected chi connectivity index (χ2v) is 11.5. The first kappa shape index (κ1) is 29.4. The number of carbonyl (C=O) groups is 4. The SMILES string of the molecule is COc1cc(N2CCN(CCC(=O)N3CCC(NC(=O)OC(C)(C)C)CC3)CC2)ccc1N1CCC(=O)NC1=O. The number of piperidine rings is 1. The minimum atomic E-state index is -0.528. The van der Waals surface area contributed by atoms with Crippen LogP contribution in [0.3, 0.4) is 0 Å². The highest BCUT2D eigenvalue weighted by Crippen LogP contribution is 2.34. The summed E-state index contributed by atoms with van der Waals surface area (Å²) in [7, 11) is 1.57. The number of nitrogens with one attached hydrogen (secondary N) is 2. The maximum absolute atomic E-state index is 12.8. The van der Waals surface area contributed by atoms with Gasteiger partial charge >= 0.3 is 12.1 Å². The van der Waals surface area contributed by atoms with Crippen molar-refractivity contribution in [2.75, 3.05) is 69.3 Å². The summed E-state index contributed by atoms with van der Waals surface area (Å²) in [5, 5.41) is 5.26. The second-order valence-electron chi connectivity index (χ2n) is 11.5. The van der Waals surface area contributed by atoms with Crippen molar-refractivity contribution in [2.45, 2.75) is 58.1 Å². The van der Waals surface area contributed by atoms with Crippen molar-refractivity contribution in [3.05, 3.63) is 18.2 Å². The van der Waals surface area contributed by atoms with Crippen LogP contribution in [0.2, 0.25) is 0 Å². The van der Waals surface area contributed by atoms with Gasteiger partial charge in [0, 0.05) is 83.0 Å². The Morgan fingerprint density at radius 1 is 1.02 bits per heavy atom. The molecule has 5 amide bonds. The van der Waals surface area contributed by atoms with Crippen LogP contribution in [0.25, 0.3) is 0 Å². The van der Waals surface area contributed by atoms with E-state index in [0.717, 1.165) is 44.7 Å². The largest absolute Gasteiger partial charge is 0.494 e. The second kappa shape index (κ2) is 12.8. The molecule has 0 aliphatic carbocycles. The number of ether oxygens (including phenoxy) is 2. The number of piperazine rings is 1. The van der Waals surface area contributed by atoms with Crippen LogP contribution in [0.5, 0.6) is 5.75 Å². The van der Waals surface area contributed by atoms with Crippen LogP contribution >= 0.6 is 0 Å². The van der Waals surface area contributed by atoms with E-state index < -0.39 is 17.7 Å². The molecule has 0 spiro atoms. The lowest BCUT2D eigenvalue weighted by Crippen LogP contribution is -2.50. The van der Waals surface area contributed by atoms with Crippen LogP contribution in [0.4, 0.5) is 21.0 Å². The van der Waals surface area contributed by atoms with Crippen molar-refractivity contribution >= 4 is 35.3 Å². The Morgan fingerprint density at radius 2 is 1.73 bits per heavy atom. The molecule has 12 heteroatoms. The third-order valence-corrected chi connectivity index (χ3v) is 7.46. The number of amides is 5. The van der Waals surface area contributed by atoms with E-state index in [1.54, 1.807) is 7.11 Å². The number of anilines is 2. The van der Waals surface area contributed by atoms with E-state index in [2.05, 4.69) is 20.4 Å². The van der Waals surface area contributed by atoms with Gasteiger partial charge in [0.25, 0.3) is 0 Å². The number of imide groups is 1. The maximum atomic E-state index is 12.8. The lowest BCUT2D eigenvalue weighted by Gasteiger charge is -2.37. The summed E-state index contributed by atoms with van der Waals surface area (Å²) in [6.45, 7) is 11.2. The molecule has 0 bridgehead atoms. The van der Waals surface area contributed by atoms with Gasteiger partial charge in [-0.3, -0.25) is 24.7 Å². The van der Waals surface area contributed by atoms with Crippen LogP contribution in [0.15, 0.2) is 18.2 Å².